The largest absolute Gasteiger partial charge is 0.322 e. The molecule has 23 heavy (non-hydrogen) atoms. The molecule has 4 nitrogen and oxygen atoms in total. The Balaban J connectivity index is 1.64. The first kappa shape index (κ1) is 14.4. The van der Waals surface area contributed by atoms with Crippen molar-refractivity contribution in [3.05, 3.63) is 71.5 Å². The number of thioether (sulfide) groups is 1. The Morgan fingerprint density at radius 3 is 2.78 bits per heavy atom. The molecule has 0 unspecified atom stereocenters. The SMILES string of the molecule is Clc1cc2[nH]c(-n3cccn3)nc2cc1SCc1ccccc1. The number of hydrogen-bond acceptors (Lipinski definition) is 3. The highest BCUT2D eigenvalue weighted by atomic mass is 35.5. The summed E-state index contributed by atoms with van der Waals surface area (Å²) in [7, 11) is 0. The summed E-state index contributed by atoms with van der Waals surface area (Å²) >= 11 is 8.13. The van der Waals surface area contributed by atoms with Crippen LogP contribution in [0.1, 0.15) is 5.56 Å². The van der Waals surface area contributed by atoms with Gasteiger partial charge in [-0.25, -0.2) is 9.67 Å². The predicted octanol–water partition coefficient (Wildman–Crippen LogP) is 4.69. The maximum Gasteiger partial charge on any atom is 0.229 e. The van der Waals surface area contributed by atoms with E-state index in [-0.39, 0.29) is 0 Å². The zero-order chi connectivity index (χ0) is 15.6. The van der Waals surface area contributed by atoms with E-state index in [2.05, 4.69) is 27.2 Å². The van der Waals surface area contributed by atoms with Crippen LogP contribution in [0.25, 0.3) is 17.0 Å². The van der Waals surface area contributed by atoms with Gasteiger partial charge in [-0.15, -0.1) is 11.8 Å². The lowest BCUT2D eigenvalue weighted by molar-refractivity contribution is 0.829. The molecule has 0 saturated heterocycles. The second-order valence-corrected chi connectivity index (χ2v) is 6.51. The molecule has 0 atom stereocenters. The fraction of sp³-hybridized carbons (Fsp3) is 0.0588. The Labute approximate surface area is 142 Å². The van der Waals surface area contributed by atoms with Crippen molar-refractivity contribution in [2.45, 2.75) is 10.6 Å². The molecule has 2 aromatic carbocycles. The molecule has 2 aromatic heterocycles. The van der Waals surface area contributed by atoms with Crippen molar-refractivity contribution < 1.29 is 0 Å². The zero-order valence-corrected chi connectivity index (χ0v) is 13.7. The number of nitrogens with zero attached hydrogens (tertiary/aromatic N) is 3. The Hall–Kier alpha value is -2.24. The smallest absolute Gasteiger partial charge is 0.229 e. The molecule has 6 heteroatoms. The standard InChI is InChI=1S/C17H13ClN4S/c18-13-9-14-15(21-17(20-14)22-8-4-7-19-22)10-16(13)23-11-12-5-2-1-3-6-12/h1-10H,11H2,(H,20,21). The van der Waals surface area contributed by atoms with Gasteiger partial charge in [-0.2, -0.15) is 5.10 Å². The fourth-order valence-electron chi connectivity index (χ4n) is 2.35. The number of halogens is 1. The van der Waals surface area contributed by atoms with Gasteiger partial charge in [-0.05, 0) is 23.8 Å². The lowest BCUT2D eigenvalue weighted by Gasteiger charge is -2.04. The summed E-state index contributed by atoms with van der Waals surface area (Å²) in [6, 6.07) is 16.1. The molecule has 114 valence electrons. The molecule has 0 fully saturated rings. The molecular weight excluding hydrogens is 328 g/mol. The van der Waals surface area contributed by atoms with Crippen LogP contribution in [0.2, 0.25) is 5.02 Å². The molecule has 0 spiro atoms. The Morgan fingerprint density at radius 1 is 1.13 bits per heavy atom. The van der Waals surface area contributed by atoms with Gasteiger partial charge in [-0.3, -0.25) is 0 Å². The average Bonchev–Trinajstić information content (AvgIpc) is 3.22. The quantitative estimate of drug-likeness (QED) is 0.548. The number of fused-ring (bicyclic) bond motifs is 1. The molecule has 0 saturated carbocycles. The molecule has 2 heterocycles. The molecule has 0 radical (unpaired) electrons. The summed E-state index contributed by atoms with van der Waals surface area (Å²) in [5, 5.41) is 4.92. The van der Waals surface area contributed by atoms with E-state index in [0.717, 1.165) is 26.7 Å². The first-order chi connectivity index (χ1) is 11.3. The fourth-order valence-corrected chi connectivity index (χ4v) is 3.58. The van der Waals surface area contributed by atoms with E-state index in [9.17, 15) is 0 Å². The van der Waals surface area contributed by atoms with Crippen LogP contribution in [0.4, 0.5) is 0 Å². The molecule has 0 aliphatic rings. The maximum absolute atomic E-state index is 6.41. The molecule has 1 N–H and O–H groups in total. The van der Waals surface area contributed by atoms with Crippen molar-refractivity contribution in [1.29, 1.82) is 0 Å². The highest BCUT2D eigenvalue weighted by Gasteiger charge is 2.10. The van der Waals surface area contributed by atoms with Crippen molar-refractivity contribution in [3.8, 4) is 5.95 Å². The van der Waals surface area contributed by atoms with Crippen LogP contribution in [0.5, 0.6) is 0 Å². The molecule has 0 bridgehead atoms. The van der Waals surface area contributed by atoms with Crippen LogP contribution in [-0.4, -0.2) is 19.7 Å². The number of hydrogen-bond donors (Lipinski definition) is 1. The Bertz CT molecular complexity index is 932. The third-order valence-corrected chi connectivity index (χ3v) is 5.03. The highest BCUT2D eigenvalue weighted by Crippen LogP contribution is 2.33. The minimum Gasteiger partial charge on any atom is -0.322 e. The van der Waals surface area contributed by atoms with Crippen molar-refractivity contribution in [1.82, 2.24) is 19.7 Å². The van der Waals surface area contributed by atoms with E-state index in [1.54, 1.807) is 22.6 Å². The lowest BCUT2D eigenvalue weighted by atomic mass is 10.2. The second kappa shape index (κ2) is 6.10. The minimum atomic E-state index is 0.686. The summed E-state index contributed by atoms with van der Waals surface area (Å²) in [6.07, 6.45) is 3.58. The van der Waals surface area contributed by atoms with Crippen LogP contribution >= 0.6 is 23.4 Å². The molecule has 0 aliphatic heterocycles. The average molecular weight is 341 g/mol. The lowest BCUT2D eigenvalue weighted by Crippen LogP contribution is -1.95. The predicted molar refractivity (Wildman–Crippen MR) is 94.2 cm³/mol. The molecule has 0 aliphatic carbocycles. The van der Waals surface area contributed by atoms with Crippen molar-refractivity contribution in [3.63, 3.8) is 0 Å². The topological polar surface area (TPSA) is 46.5 Å². The number of aromatic nitrogens is 4. The van der Waals surface area contributed by atoms with Gasteiger partial charge < -0.3 is 4.98 Å². The summed E-state index contributed by atoms with van der Waals surface area (Å²) < 4.78 is 1.70. The number of rotatable bonds is 4. The van der Waals surface area contributed by atoms with E-state index in [1.165, 1.54) is 5.56 Å². The van der Waals surface area contributed by atoms with E-state index >= 15 is 0 Å². The number of H-pyrrole nitrogens is 1. The minimum absolute atomic E-state index is 0.686. The summed E-state index contributed by atoms with van der Waals surface area (Å²) in [4.78, 5) is 8.85. The van der Waals surface area contributed by atoms with Gasteiger partial charge in [0.15, 0.2) is 0 Å². The summed E-state index contributed by atoms with van der Waals surface area (Å²) in [5.41, 5.74) is 3.06. The number of imidazole rings is 1. The summed E-state index contributed by atoms with van der Waals surface area (Å²) in [5.74, 6) is 1.56. The van der Waals surface area contributed by atoms with Crippen LogP contribution < -0.4 is 0 Å². The molecule has 4 rings (SSSR count). The van der Waals surface area contributed by atoms with E-state index < -0.39 is 0 Å². The van der Waals surface area contributed by atoms with Crippen molar-refractivity contribution in [2.75, 3.05) is 0 Å². The van der Waals surface area contributed by atoms with Gasteiger partial charge in [-0.1, -0.05) is 41.9 Å². The van der Waals surface area contributed by atoms with Crippen molar-refractivity contribution >= 4 is 34.4 Å². The molecule has 4 aromatic rings. The van der Waals surface area contributed by atoms with Gasteiger partial charge in [0, 0.05) is 23.0 Å². The number of aromatic amines is 1. The van der Waals surface area contributed by atoms with E-state index in [1.807, 2.05) is 42.6 Å². The van der Waals surface area contributed by atoms with E-state index in [4.69, 9.17) is 11.6 Å². The van der Waals surface area contributed by atoms with Gasteiger partial charge >= 0.3 is 0 Å². The van der Waals surface area contributed by atoms with Gasteiger partial charge in [0.2, 0.25) is 5.95 Å². The maximum atomic E-state index is 6.41. The zero-order valence-electron chi connectivity index (χ0n) is 12.1. The first-order valence-corrected chi connectivity index (χ1v) is 8.52. The normalized spacial score (nSPS) is 11.2. The Morgan fingerprint density at radius 2 is 2.00 bits per heavy atom. The van der Waals surface area contributed by atoms with Gasteiger partial charge in [0.25, 0.3) is 0 Å². The first-order valence-electron chi connectivity index (χ1n) is 7.15. The highest BCUT2D eigenvalue weighted by molar-refractivity contribution is 7.98. The summed E-state index contributed by atoms with van der Waals surface area (Å²) in [6.45, 7) is 0. The van der Waals surface area contributed by atoms with Crippen LogP contribution in [0, 0.1) is 0 Å². The molecular formula is C17H13ClN4S. The molecule has 0 amide bonds. The van der Waals surface area contributed by atoms with Crippen LogP contribution in [0.3, 0.4) is 0 Å². The van der Waals surface area contributed by atoms with Crippen molar-refractivity contribution in [2.24, 2.45) is 0 Å². The third kappa shape index (κ3) is 2.98. The van der Waals surface area contributed by atoms with Crippen LogP contribution in [-0.2, 0) is 5.75 Å². The number of benzene rings is 2. The van der Waals surface area contributed by atoms with Gasteiger partial charge in [0.05, 0.1) is 16.1 Å². The number of nitrogens with one attached hydrogen (secondary N) is 1. The second-order valence-electron chi connectivity index (χ2n) is 5.09. The van der Waals surface area contributed by atoms with Gasteiger partial charge in [0.1, 0.15) is 0 Å². The van der Waals surface area contributed by atoms with E-state index in [0.29, 0.717) is 5.95 Å². The third-order valence-electron chi connectivity index (χ3n) is 3.48. The monoisotopic (exact) mass is 340 g/mol. The van der Waals surface area contributed by atoms with Crippen LogP contribution in [0.15, 0.2) is 65.8 Å². The Kier molecular flexibility index (Phi) is 3.81.